The molecule has 3 rings (SSSR count). The number of ether oxygens (including phenoxy) is 1. The Morgan fingerprint density at radius 1 is 1.22 bits per heavy atom. The van der Waals surface area contributed by atoms with Crippen LogP contribution in [0.1, 0.15) is 17.0 Å². The zero-order valence-electron chi connectivity index (χ0n) is 14.9. The highest BCUT2D eigenvalue weighted by Crippen LogP contribution is 2.22. The second kappa shape index (κ2) is 9.05. The lowest BCUT2D eigenvalue weighted by Gasteiger charge is -2.07. The number of carbonyl (C=O) groups excluding carboxylic acids is 1. The molecule has 1 amide bonds. The SMILES string of the molecule is COc1ccc(Cc2nnc(SCC(=O)Nc3ccc(Br)cc3C)o2)cc1. The lowest BCUT2D eigenvalue weighted by molar-refractivity contribution is -0.113. The Bertz CT molecular complexity index is 928. The molecule has 0 saturated carbocycles. The summed E-state index contributed by atoms with van der Waals surface area (Å²) in [7, 11) is 1.63. The molecule has 0 spiro atoms. The highest BCUT2D eigenvalue weighted by Gasteiger charge is 2.11. The minimum atomic E-state index is -0.125. The lowest BCUT2D eigenvalue weighted by atomic mass is 10.1. The average molecular weight is 448 g/mol. The van der Waals surface area contributed by atoms with Gasteiger partial charge in [0.05, 0.1) is 19.3 Å². The fourth-order valence-corrected chi connectivity index (χ4v) is 3.42. The molecule has 0 atom stereocenters. The first-order valence-corrected chi connectivity index (χ1v) is 9.95. The predicted octanol–water partition coefficient (Wildman–Crippen LogP) is 4.47. The molecular weight excluding hydrogens is 430 g/mol. The number of methoxy groups -OCH3 is 1. The molecule has 3 aromatic rings. The predicted molar refractivity (Wildman–Crippen MR) is 108 cm³/mol. The third-order valence-electron chi connectivity index (χ3n) is 3.75. The smallest absolute Gasteiger partial charge is 0.277 e. The van der Waals surface area contributed by atoms with Gasteiger partial charge in [-0.05, 0) is 48.4 Å². The summed E-state index contributed by atoms with van der Waals surface area (Å²) in [5.74, 6) is 1.37. The van der Waals surface area contributed by atoms with E-state index in [-0.39, 0.29) is 11.7 Å². The molecule has 1 heterocycles. The van der Waals surface area contributed by atoms with Crippen LogP contribution in [0.5, 0.6) is 5.75 Å². The largest absolute Gasteiger partial charge is 0.497 e. The standard InChI is InChI=1S/C19H18BrN3O3S/c1-12-9-14(20)5-8-16(12)21-17(24)11-27-19-23-22-18(26-19)10-13-3-6-15(25-2)7-4-13/h3-9H,10-11H2,1-2H3,(H,21,24). The van der Waals surface area contributed by atoms with Crippen molar-refractivity contribution < 1.29 is 13.9 Å². The quantitative estimate of drug-likeness (QED) is 0.538. The van der Waals surface area contributed by atoms with Crippen molar-refractivity contribution in [2.24, 2.45) is 0 Å². The second-order valence-corrected chi connectivity index (χ2v) is 7.62. The van der Waals surface area contributed by atoms with Crippen molar-refractivity contribution >= 4 is 39.3 Å². The number of halogens is 1. The van der Waals surface area contributed by atoms with Crippen LogP contribution >= 0.6 is 27.7 Å². The number of benzene rings is 2. The summed E-state index contributed by atoms with van der Waals surface area (Å²) < 4.78 is 11.7. The van der Waals surface area contributed by atoms with Crippen LogP contribution in [0.15, 0.2) is 56.6 Å². The summed E-state index contributed by atoms with van der Waals surface area (Å²) in [6.07, 6.45) is 0.530. The van der Waals surface area contributed by atoms with Crippen LogP contribution in [0.4, 0.5) is 5.69 Å². The van der Waals surface area contributed by atoms with E-state index in [4.69, 9.17) is 9.15 Å². The molecule has 0 bridgehead atoms. The summed E-state index contributed by atoms with van der Waals surface area (Å²) in [6, 6.07) is 13.4. The van der Waals surface area contributed by atoms with Gasteiger partial charge >= 0.3 is 0 Å². The van der Waals surface area contributed by atoms with Crippen LogP contribution < -0.4 is 10.1 Å². The molecular formula is C19H18BrN3O3S. The van der Waals surface area contributed by atoms with Crippen molar-refractivity contribution in [3.8, 4) is 5.75 Å². The highest BCUT2D eigenvalue weighted by atomic mass is 79.9. The first-order valence-electron chi connectivity index (χ1n) is 8.17. The van der Waals surface area contributed by atoms with Crippen LogP contribution in [0.2, 0.25) is 0 Å². The number of hydrogen-bond donors (Lipinski definition) is 1. The maximum absolute atomic E-state index is 12.1. The number of hydrogen-bond acceptors (Lipinski definition) is 6. The van der Waals surface area contributed by atoms with E-state index in [1.807, 2.05) is 49.4 Å². The molecule has 1 aromatic heterocycles. The Morgan fingerprint density at radius 3 is 2.70 bits per heavy atom. The van der Waals surface area contributed by atoms with E-state index < -0.39 is 0 Å². The summed E-state index contributed by atoms with van der Waals surface area (Å²) in [6.45, 7) is 1.94. The molecule has 140 valence electrons. The summed E-state index contributed by atoms with van der Waals surface area (Å²) in [5.41, 5.74) is 2.82. The molecule has 1 N–H and O–H groups in total. The van der Waals surface area contributed by atoms with E-state index in [0.717, 1.165) is 27.0 Å². The van der Waals surface area contributed by atoms with E-state index in [9.17, 15) is 4.79 Å². The van der Waals surface area contributed by atoms with Gasteiger partial charge in [-0.25, -0.2) is 0 Å². The maximum Gasteiger partial charge on any atom is 0.277 e. The van der Waals surface area contributed by atoms with Gasteiger partial charge in [0.1, 0.15) is 5.75 Å². The van der Waals surface area contributed by atoms with E-state index in [1.54, 1.807) is 7.11 Å². The minimum absolute atomic E-state index is 0.125. The van der Waals surface area contributed by atoms with Crippen LogP contribution in [0.3, 0.4) is 0 Å². The Hall–Kier alpha value is -2.32. The van der Waals surface area contributed by atoms with Crippen LogP contribution in [0.25, 0.3) is 0 Å². The van der Waals surface area contributed by atoms with Gasteiger partial charge in [0.15, 0.2) is 0 Å². The average Bonchev–Trinajstić information content (AvgIpc) is 3.10. The number of anilines is 1. The van der Waals surface area contributed by atoms with Crippen LogP contribution in [-0.2, 0) is 11.2 Å². The molecule has 0 unspecified atom stereocenters. The Morgan fingerprint density at radius 2 is 2.00 bits per heavy atom. The zero-order valence-corrected chi connectivity index (χ0v) is 17.3. The van der Waals surface area contributed by atoms with Gasteiger partial charge in [-0.2, -0.15) is 0 Å². The monoisotopic (exact) mass is 447 g/mol. The number of nitrogens with one attached hydrogen (secondary N) is 1. The lowest BCUT2D eigenvalue weighted by Crippen LogP contribution is -2.14. The van der Waals surface area contributed by atoms with Crippen molar-refractivity contribution in [1.82, 2.24) is 10.2 Å². The van der Waals surface area contributed by atoms with E-state index in [2.05, 4.69) is 31.4 Å². The van der Waals surface area contributed by atoms with Crippen molar-refractivity contribution in [3.05, 3.63) is 64.0 Å². The summed E-state index contributed by atoms with van der Waals surface area (Å²) in [5, 5.41) is 11.3. The van der Waals surface area contributed by atoms with Crippen molar-refractivity contribution in [2.45, 2.75) is 18.6 Å². The van der Waals surface area contributed by atoms with Crippen molar-refractivity contribution in [2.75, 3.05) is 18.2 Å². The van der Waals surface area contributed by atoms with Gasteiger partial charge in [0.25, 0.3) is 5.22 Å². The molecule has 0 aliphatic heterocycles. The van der Waals surface area contributed by atoms with Gasteiger partial charge in [0, 0.05) is 10.2 Å². The third-order valence-corrected chi connectivity index (χ3v) is 5.06. The van der Waals surface area contributed by atoms with E-state index in [1.165, 1.54) is 11.8 Å². The number of nitrogens with zero attached hydrogens (tertiary/aromatic N) is 2. The highest BCUT2D eigenvalue weighted by molar-refractivity contribution is 9.10. The minimum Gasteiger partial charge on any atom is -0.497 e. The van der Waals surface area contributed by atoms with Crippen LogP contribution in [0, 0.1) is 6.92 Å². The normalized spacial score (nSPS) is 10.6. The van der Waals surface area contributed by atoms with Crippen molar-refractivity contribution in [1.29, 1.82) is 0 Å². The molecule has 6 nitrogen and oxygen atoms in total. The number of carbonyl (C=O) groups is 1. The number of aromatic nitrogens is 2. The van der Waals surface area contributed by atoms with Gasteiger partial charge in [-0.15, -0.1) is 10.2 Å². The van der Waals surface area contributed by atoms with Gasteiger partial charge in [-0.3, -0.25) is 4.79 Å². The summed E-state index contributed by atoms with van der Waals surface area (Å²) in [4.78, 5) is 12.1. The second-order valence-electron chi connectivity index (χ2n) is 5.78. The van der Waals surface area contributed by atoms with Crippen molar-refractivity contribution in [3.63, 3.8) is 0 Å². The number of amides is 1. The maximum atomic E-state index is 12.1. The molecule has 0 saturated heterocycles. The first kappa shape index (κ1) is 19.4. The fraction of sp³-hybridized carbons (Fsp3) is 0.211. The molecule has 0 fully saturated rings. The first-order chi connectivity index (χ1) is 13.0. The zero-order chi connectivity index (χ0) is 19.2. The summed E-state index contributed by atoms with van der Waals surface area (Å²) >= 11 is 4.62. The number of thioether (sulfide) groups is 1. The molecule has 2 aromatic carbocycles. The van der Waals surface area contributed by atoms with Crippen LogP contribution in [-0.4, -0.2) is 29.0 Å². The van der Waals surface area contributed by atoms with Gasteiger partial charge < -0.3 is 14.5 Å². The van der Waals surface area contributed by atoms with E-state index >= 15 is 0 Å². The Balaban J connectivity index is 1.52. The topological polar surface area (TPSA) is 77.2 Å². The molecule has 0 aliphatic carbocycles. The molecule has 0 radical (unpaired) electrons. The third kappa shape index (κ3) is 5.58. The van der Waals surface area contributed by atoms with E-state index in [0.29, 0.717) is 17.5 Å². The number of rotatable bonds is 7. The van der Waals surface area contributed by atoms with Gasteiger partial charge in [0.2, 0.25) is 11.8 Å². The Kier molecular flexibility index (Phi) is 6.52. The Labute approximate surface area is 169 Å². The molecule has 27 heavy (non-hydrogen) atoms. The molecule has 8 heteroatoms. The number of aryl methyl sites for hydroxylation is 1. The molecule has 0 aliphatic rings. The fourth-order valence-electron chi connectivity index (χ4n) is 2.37. The van der Waals surface area contributed by atoms with Gasteiger partial charge in [-0.1, -0.05) is 39.8 Å².